The zero-order valence-corrected chi connectivity index (χ0v) is 74.1. The largest absolute Gasteiger partial charge is 0.459 e. The maximum absolute atomic E-state index is 13.5. The molecule has 0 amide bonds. The molecule has 3 radical (unpaired) electrons. The summed E-state index contributed by atoms with van der Waals surface area (Å²) in [6.07, 6.45) is -12.4. The minimum Gasteiger partial charge on any atom is -0.392 e. The second-order valence-electron chi connectivity index (χ2n) is 32.3. The number of aliphatic hydroxyl groups excluding tert-OH is 6. The first-order valence-corrected chi connectivity index (χ1v) is 35.2. The van der Waals surface area contributed by atoms with Crippen LogP contribution in [0.2, 0.25) is 0 Å². The Balaban J connectivity index is 0.000000709. The van der Waals surface area contributed by atoms with Gasteiger partial charge in [-0.15, -0.1) is 65.2 Å². The molecular formula is C84H93F18Ir3N6O6-3. The van der Waals surface area contributed by atoms with Gasteiger partial charge in [-0.1, -0.05) is 146 Å². The molecule has 12 nitrogen and oxygen atoms in total. The van der Waals surface area contributed by atoms with Gasteiger partial charge in [0.1, 0.15) is 29.4 Å². The van der Waals surface area contributed by atoms with Gasteiger partial charge in [0.15, 0.2) is 0 Å². The predicted molar refractivity (Wildman–Crippen MR) is 397 cm³/mol. The van der Waals surface area contributed by atoms with Crippen LogP contribution in [-0.4, -0.2) is 115 Å². The van der Waals surface area contributed by atoms with Crippen molar-refractivity contribution in [2.24, 2.45) is 27.1 Å². The molecule has 0 aliphatic rings. The second-order valence-corrected chi connectivity index (χ2v) is 32.3. The quantitative estimate of drug-likeness (QED) is 0.0446. The molecule has 0 bridgehead atoms. The number of aryl methyl sites for hydroxylation is 3. The van der Waals surface area contributed by atoms with E-state index in [1.165, 1.54) is 45.4 Å². The number of halogens is 18. The van der Waals surface area contributed by atoms with Crippen LogP contribution in [0.4, 0.5) is 79.0 Å². The molecule has 9 rings (SSSR count). The van der Waals surface area contributed by atoms with E-state index in [0.29, 0.717) is 53.7 Å². The second kappa shape index (κ2) is 44.0. The van der Waals surface area contributed by atoms with Crippen LogP contribution in [0.25, 0.3) is 67.5 Å². The van der Waals surface area contributed by atoms with Crippen LogP contribution < -0.4 is 0 Å². The van der Waals surface area contributed by atoms with Gasteiger partial charge in [-0.05, 0) is 94.4 Å². The fourth-order valence-corrected chi connectivity index (χ4v) is 9.55. The van der Waals surface area contributed by atoms with Crippen molar-refractivity contribution in [3.8, 4) is 67.5 Å². The SMILES string of the molecule is CC(C)(C)C(O)CC(O)C(C)(C)C.CC(C)(C)C(O)CC(O)C(C)(C)C.CC(C)(C)C(O)CC(O)C(F)(F)C(F)(F)C(F)(F)F.Cc1ccc(-c2nc(C)cnc2-c2[c-]cc(C(F)(F)F)cc2)cc1.Cc1cnc(-c2[c-]c(F)cc(F)c2)c(-c2cc(F)cc(F)c2)n1.Fc1[c-]c(-c2nccnc2-c2cc(F)cc(F)c2)cc(F)c1.[Ir].[Ir].[Ir]. The molecule has 117 heavy (non-hydrogen) atoms. The number of benzene rings is 6. The van der Waals surface area contributed by atoms with Crippen molar-refractivity contribution in [3.63, 3.8) is 0 Å². The predicted octanol–water partition coefficient (Wildman–Crippen LogP) is 21.2. The standard InChI is InChI=1S/C19H14F3N2.C17H9F4N2.C16H7F4N2.2C11H24O2.C10H15F7O2.3Ir/c1-12-3-5-15(6-4-12)18-17(23-11-13(2)24-18)14-7-9-16(10-8-14)19(20,21)22;1-9-8-22-16(10-2-12(18)6-13(19)3-10)17(23-9)11-4-14(20)7-15(21)5-11;17-11-3-9(4-12(18)7-11)15-16(22-2-1-21-15)10-5-13(19)8-14(20)6-10;2*1-10(2,3)8(12)7-9(13)11(4,5)6;1-7(2,3)5(18)4-6(19)8(11,12)9(13,14)10(15,16)17;;;/h3-7,9-11H,1-2H3;2,4-8H,1H3;1-5,7-8H;2*8-9,12-13H,7H2,1-6H3;5-6,18-19H,4H2,1-3H3;;;/q3*-1;;;;;;. The Kier molecular flexibility index (Phi) is 40.6. The van der Waals surface area contributed by atoms with E-state index in [2.05, 4.69) is 48.1 Å². The Morgan fingerprint density at radius 2 is 0.650 bits per heavy atom. The first kappa shape index (κ1) is 108. The van der Waals surface area contributed by atoms with Gasteiger partial charge in [-0.3, -0.25) is 15.0 Å². The molecule has 651 valence electrons. The van der Waals surface area contributed by atoms with Crippen LogP contribution in [0, 0.1) is 113 Å². The van der Waals surface area contributed by atoms with E-state index in [1.54, 1.807) is 13.1 Å². The molecule has 0 spiro atoms. The van der Waals surface area contributed by atoms with Crippen LogP contribution in [0.3, 0.4) is 0 Å². The van der Waals surface area contributed by atoms with Crippen molar-refractivity contribution in [2.75, 3.05) is 0 Å². The molecule has 3 heterocycles. The van der Waals surface area contributed by atoms with Gasteiger partial charge in [0.25, 0.3) is 0 Å². The summed E-state index contributed by atoms with van der Waals surface area (Å²) in [6.45, 7) is 33.3. The molecule has 0 saturated heterocycles. The van der Waals surface area contributed by atoms with E-state index in [0.717, 1.165) is 71.4 Å². The zero-order valence-electron chi connectivity index (χ0n) is 66.9. The average Bonchev–Trinajstić information content (AvgIpc) is 0.760. The van der Waals surface area contributed by atoms with E-state index in [9.17, 15) is 105 Å². The first-order valence-electron chi connectivity index (χ1n) is 35.2. The maximum Gasteiger partial charge on any atom is 0.459 e. The van der Waals surface area contributed by atoms with Crippen molar-refractivity contribution in [3.05, 3.63) is 215 Å². The minimum atomic E-state index is -6.50. The number of aromatic nitrogens is 6. The van der Waals surface area contributed by atoms with E-state index < -0.39 is 125 Å². The summed E-state index contributed by atoms with van der Waals surface area (Å²) in [4.78, 5) is 25.2. The molecule has 0 aliphatic carbocycles. The third-order valence-electron chi connectivity index (χ3n) is 17.1. The van der Waals surface area contributed by atoms with E-state index >= 15 is 0 Å². The minimum absolute atomic E-state index is 0. The summed E-state index contributed by atoms with van der Waals surface area (Å²) in [6, 6.07) is 27.5. The number of aliphatic hydroxyl groups is 6. The smallest absolute Gasteiger partial charge is 0.392 e. The topological polar surface area (TPSA) is 199 Å². The molecule has 3 aromatic heterocycles. The van der Waals surface area contributed by atoms with Gasteiger partial charge in [0.05, 0.1) is 59.0 Å². The fourth-order valence-electron chi connectivity index (χ4n) is 9.55. The summed E-state index contributed by atoms with van der Waals surface area (Å²) >= 11 is 0. The molecule has 33 heteroatoms. The van der Waals surface area contributed by atoms with Gasteiger partial charge in [0.2, 0.25) is 0 Å². The van der Waals surface area contributed by atoms with E-state index in [1.807, 2.05) is 121 Å². The number of alkyl halides is 10. The average molecular weight is 2200 g/mol. The Morgan fingerprint density at radius 1 is 0.342 bits per heavy atom. The summed E-state index contributed by atoms with van der Waals surface area (Å²) in [5, 5.41) is 57.3. The molecule has 6 unspecified atom stereocenters. The molecule has 6 aromatic carbocycles. The Morgan fingerprint density at radius 3 is 0.966 bits per heavy atom. The van der Waals surface area contributed by atoms with Crippen molar-refractivity contribution in [2.45, 2.75) is 205 Å². The summed E-state index contributed by atoms with van der Waals surface area (Å²) in [5.74, 6) is -18.7. The van der Waals surface area contributed by atoms with Gasteiger partial charge < -0.3 is 45.6 Å². The van der Waals surface area contributed by atoms with Crippen LogP contribution >= 0.6 is 0 Å². The molecular weight excluding hydrogens is 2110 g/mol. The Hall–Kier alpha value is -6.99. The van der Waals surface area contributed by atoms with Crippen LogP contribution in [-0.2, 0) is 66.5 Å². The molecule has 6 atom stereocenters. The number of rotatable bonds is 14. The third kappa shape index (κ3) is 33.2. The molecule has 0 fully saturated rings. The maximum atomic E-state index is 13.5. The fraction of sp³-hybridized carbons (Fsp3) is 0.429. The third-order valence-corrected chi connectivity index (χ3v) is 17.1. The zero-order chi connectivity index (χ0) is 87.2. The molecule has 0 saturated carbocycles. The number of nitrogens with zero attached hydrogens (tertiary/aromatic N) is 6. The number of hydrogen-bond donors (Lipinski definition) is 6. The van der Waals surface area contributed by atoms with Crippen LogP contribution in [0.5, 0.6) is 0 Å². The first-order chi connectivity index (χ1) is 51.9. The summed E-state index contributed by atoms with van der Waals surface area (Å²) in [7, 11) is 0. The molecule has 9 aromatic rings. The van der Waals surface area contributed by atoms with E-state index in [4.69, 9.17) is 5.11 Å². The van der Waals surface area contributed by atoms with Crippen molar-refractivity contribution >= 4 is 0 Å². The summed E-state index contributed by atoms with van der Waals surface area (Å²) < 4.78 is 232. The van der Waals surface area contributed by atoms with Gasteiger partial charge in [-0.2, -0.15) is 43.9 Å². The van der Waals surface area contributed by atoms with Gasteiger partial charge in [-0.25, -0.2) is 35.1 Å². The van der Waals surface area contributed by atoms with Crippen LogP contribution in [0.15, 0.2) is 128 Å². The number of hydrogen-bond acceptors (Lipinski definition) is 12. The van der Waals surface area contributed by atoms with Crippen molar-refractivity contribution < 1.29 is 170 Å². The van der Waals surface area contributed by atoms with Crippen molar-refractivity contribution in [1.29, 1.82) is 0 Å². The monoisotopic (exact) mass is 2200 g/mol. The van der Waals surface area contributed by atoms with Gasteiger partial charge >= 0.3 is 24.2 Å². The van der Waals surface area contributed by atoms with Gasteiger partial charge in [0, 0.05) is 157 Å². The normalized spacial score (nSPS) is 13.6. The van der Waals surface area contributed by atoms with Crippen LogP contribution in [0.1, 0.15) is 146 Å². The summed E-state index contributed by atoms with van der Waals surface area (Å²) in [5.41, 5.74) is 3.07. The van der Waals surface area contributed by atoms with E-state index in [-0.39, 0.29) is 127 Å². The molecule has 0 aliphatic heterocycles. The molecule has 6 N–H and O–H groups in total. The van der Waals surface area contributed by atoms with Crippen molar-refractivity contribution in [1.82, 2.24) is 29.9 Å². The Bertz CT molecular complexity index is 4390. The Labute approximate surface area is 710 Å².